The van der Waals surface area contributed by atoms with Crippen molar-refractivity contribution in [1.82, 2.24) is 9.97 Å². The van der Waals surface area contributed by atoms with E-state index in [0.29, 0.717) is 5.16 Å². The van der Waals surface area contributed by atoms with Crippen molar-refractivity contribution in [2.45, 2.75) is 5.16 Å². The van der Waals surface area contributed by atoms with Crippen molar-refractivity contribution in [3.63, 3.8) is 0 Å². The first kappa shape index (κ1) is 11.0. The number of nitrogens with zero attached hydrogens (tertiary/aromatic N) is 3. The lowest BCUT2D eigenvalue weighted by molar-refractivity contribution is -0.386. The van der Waals surface area contributed by atoms with Gasteiger partial charge in [0.25, 0.3) is 5.88 Å². The van der Waals surface area contributed by atoms with Gasteiger partial charge in [-0.15, -0.1) is 0 Å². The van der Waals surface area contributed by atoms with Gasteiger partial charge in [0.1, 0.15) is 0 Å². The Hall–Kier alpha value is -1.08. The summed E-state index contributed by atoms with van der Waals surface area (Å²) in [5.74, 6) is -0.126. The minimum atomic E-state index is -0.675. The average molecular weight is 236 g/mol. The molecule has 0 aliphatic rings. The summed E-state index contributed by atoms with van der Waals surface area (Å²) < 4.78 is 4.74. The van der Waals surface area contributed by atoms with E-state index in [1.807, 2.05) is 0 Å². The molecule has 0 saturated carbocycles. The van der Waals surface area contributed by atoms with E-state index >= 15 is 0 Å². The SMILES string of the molecule is COc1nc(SC)nc(Cl)c1[N+](=O)[O-]. The average Bonchev–Trinajstić information content (AvgIpc) is 2.15. The number of thioether (sulfide) groups is 1. The first-order valence-electron chi connectivity index (χ1n) is 3.40. The molecular formula is C6H6ClN3O3S. The summed E-state index contributed by atoms with van der Waals surface area (Å²) >= 11 is 6.82. The summed E-state index contributed by atoms with van der Waals surface area (Å²) in [6.45, 7) is 0. The van der Waals surface area contributed by atoms with Crippen molar-refractivity contribution in [1.29, 1.82) is 0 Å². The van der Waals surface area contributed by atoms with E-state index in [-0.39, 0.29) is 11.0 Å². The molecule has 6 nitrogen and oxygen atoms in total. The van der Waals surface area contributed by atoms with Crippen molar-refractivity contribution >= 4 is 29.1 Å². The first-order valence-corrected chi connectivity index (χ1v) is 5.00. The highest BCUT2D eigenvalue weighted by Gasteiger charge is 2.24. The van der Waals surface area contributed by atoms with Crippen LogP contribution in [-0.4, -0.2) is 28.3 Å². The Bertz CT molecular complexity index is 374. The highest BCUT2D eigenvalue weighted by Crippen LogP contribution is 2.32. The van der Waals surface area contributed by atoms with Gasteiger partial charge in [-0.05, 0) is 6.26 Å². The van der Waals surface area contributed by atoms with E-state index in [1.54, 1.807) is 6.26 Å². The van der Waals surface area contributed by atoms with Crippen LogP contribution in [0.15, 0.2) is 5.16 Å². The minimum Gasteiger partial charge on any atom is -0.476 e. The van der Waals surface area contributed by atoms with Crippen LogP contribution in [-0.2, 0) is 0 Å². The molecule has 0 radical (unpaired) electrons. The monoisotopic (exact) mass is 235 g/mol. The number of halogens is 1. The number of hydrogen-bond acceptors (Lipinski definition) is 6. The van der Waals surface area contributed by atoms with Crippen molar-refractivity contribution in [3.05, 3.63) is 15.3 Å². The second-order valence-electron chi connectivity index (χ2n) is 2.12. The fourth-order valence-electron chi connectivity index (χ4n) is 0.777. The Morgan fingerprint density at radius 1 is 1.57 bits per heavy atom. The smallest absolute Gasteiger partial charge is 0.367 e. The van der Waals surface area contributed by atoms with Crippen LogP contribution in [0, 0.1) is 10.1 Å². The third-order valence-electron chi connectivity index (χ3n) is 1.35. The quantitative estimate of drug-likeness (QED) is 0.261. The van der Waals surface area contributed by atoms with Crippen LogP contribution in [0.3, 0.4) is 0 Å². The highest BCUT2D eigenvalue weighted by molar-refractivity contribution is 7.98. The molecule has 8 heteroatoms. The van der Waals surface area contributed by atoms with Gasteiger partial charge in [-0.2, -0.15) is 4.98 Å². The second-order valence-corrected chi connectivity index (χ2v) is 3.25. The summed E-state index contributed by atoms with van der Waals surface area (Å²) in [6.07, 6.45) is 1.73. The van der Waals surface area contributed by atoms with E-state index in [4.69, 9.17) is 16.3 Å². The summed E-state index contributed by atoms with van der Waals surface area (Å²) in [5.41, 5.74) is -0.410. The van der Waals surface area contributed by atoms with E-state index in [9.17, 15) is 10.1 Å². The molecule has 1 aromatic rings. The zero-order valence-electron chi connectivity index (χ0n) is 7.35. The molecule has 0 amide bonds. The first-order chi connectivity index (χ1) is 6.60. The van der Waals surface area contributed by atoms with Crippen molar-refractivity contribution in [2.24, 2.45) is 0 Å². The molecule has 0 aromatic carbocycles. The standard InChI is InChI=1S/C6H6ClN3O3S/c1-13-5-3(10(11)12)4(7)8-6(9-5)14-2/h1-2H3. The zero-order chi connectivity index (χ0) is 10.7. The maximum absolute atomic E-state index is 10.6. The fourth-order valence-corrected chi connectivity index (χ4v) is 1.41. The van der Waals surface area contributed by atoms with Gasteiger partial charge in [-0.1, -0.05) is 23.4 Å². The van der Waals surface area contributed by atoms with Gasteiger partial charge in [0.2, 0.25) is 5.15 Å². The molecule has 1 aromatic heterocycles. The van der Waals surface area contributed by atoms with E-state index in [0.717, 1.165) is 0 Å². The molecule has 0 bridgehead atoms. The molecule has 0 spiro atoms. The van der Waals surface area contributed by atoms with E-state index < -0.39 is 10.6 Å². The molecule has 0 aliphatic carbocycles. The molecule has 0 N–H and O–H groups in total. The molecule has 0 atom stereocenters. The van der Waals surface area contributed by atoms with E-state index in [1.165, 1.54) is 18.9 Å². The molecule has 76 valence electrons. The second kappa shape index (κ2) is 4.43. The Kier molecular flexibility index (Phi) is 3.48. The molecule has 0 fully saturated rings. The maximum atomic E-state index is 10.6. The van der Waals surface area contributed by atoms with Crippen LogP contribution < -0.4 is 4.74 Å². The van der Waals surface area contributed by atoms with Gasteiger partial charge < -0.3 is 4.74 Å². The normalized spacial score (nSPS) is 9.93. The number of methoxy groups -OCH3 is 1. The van der Waals surface area contributed by atoms with Crippen LogP contribution >= 0.6 is 23.4 Å². The predicted molar refractivity (Wildman–Crippen MR) is 52.0 cm³/mol. The third-order valence-corrected chi connectivity index (χ3v) is 2.16. The number of aromatic nitrogens is 2. The number of rotatable bonds is 3. The Morgan fingerprint density at radius 2 is 2.21 bits per heavy atom. The largest absolute Gasteiger partial charge is 0.476 e. The Labute approximate surface area is 88.8 Å². The summed E-state index contributed by atoms with van der Waals surface area (Å²) in [6, 6.07) is 0. The zero-order valence-corrected chi connectivity index (χ0v) is 8.93. The summed E-state index contributed by atoms with van der Waals surface area (Å²) in [5, 5.41) is 10.7. The summed E-state index contributed by atoms with van der Waals surface area (Å²) in [4.78, 5) is 17.4. The van der Waals surface area contributed by atoms with Crippen LogP contribution in [0.1, 0.15) is 0 Å². The Morgan fingerprint density at radius 3 is 2.64 bits per heavy atom. The molecule has 1 heterocycles. The predicted octanol–water partition coefficient (Wildman–Crippen LogP) is 1.77. The fraction of sp³-hybridized carbons (Fsp3) is 0.333. The van der Waals surface area contributed by atoms with Gasteiger partial charge in [0.15, 0.2) is 5.16 Å². The van der Waals surface area contributed by atoms with Crippen molar-refractivity contribution in [2.75, 3.05) is 13.4 Å². The molecule has 14 heavy (non-hydrogen) atoms. The topological polar surface area (TPSA) is 78.2 Å². The van der Waals surface area contributed by atoms with Crippen molar-refractivity contribution < 1.29 is 9.66 Å². The summed E-state index contributed by atoms with van der Waals surface area (Å²) in [7, 11) is 1.29. The minimum absolute atomic E-state index is 0.126. The lowest BCUT2D eigenvalue weighted by Gasteiger charge is -2.02. The maximum Gasteiger partial charge on any atom is 0.367 e. The molecule has 0 aliphatic heterocycles. The third kappa shape index (κ3) is 2.05. The van der Waals surface area contributed by atoms with Gasteiger partial charge in [-0.3, -0.25) is 10.1 Å². The van der Waals surface area contributed by atoms with Crippen LogP contribution in [0.5, 0.6) is 5.88 Å². The molecule has 0 unspecified atom stereocenters. The van der Waals surface area contributed by atoms with Gasteiger partial charge in [0, 0.05) is 0 Å². The van der Waals surface area contributed by atoms with E-state index in [2.05, 4.69) is 9.97 Å². The van der Waals surface area contributed by atoms with Gasteiger partial charge >= 0.3 is 5.69 Å². The number of nitro groups is 1. The number of hydrogen-bond donors (Lipinski definition) is 0. The Balaban J connectivity index is 3.34. The van der Waals surface area contributed by atoms with Crippen molar-refractivity contribution in [3.8, 4) is 5.88 Å². The highest BCUT2D eigenvalue weighted by atomic mass is 35.5. The van der Waals surface area contributed by atoms with Crippen LogP contribution in [0.4, 0.5) is 5.69 Å². The van der Waals surface area contributed by atoms with Crippen LogP contribution in [0.25, 0.3) is 0 Å². The van der Waals surface area contributed by atoms with Gasteiger partial charge in [-0.25, -0.2) is 4.98 Å². The number of ether oxygens (including phenoxy) is 1. The molecular weight excluding hydrogens is 230 g/mol. The lowest BCUT2D eigenvalue weighted by Crippen LogP contribution is -2.00. The van der Waals surface area contributed by atoms with Gasteiger partial charge in [0.05, 0.1) is 12.0 Å². The molecule has 1 rings (SSSR count). The molecule has 0 saturated heterocycles. The van der Waals surface area contributed by atoms with Crippen LogP contribution in [0.2, 0.25) is 5.15 Å². The lowest BCUT2D eigenvalue weighted by atomic mass is 10.5.